The van der Waals surface area contributed by atoms with E-state index < -0.39 is 5.82 Å². The molecule has 0 radical (unpaired) electrons. The Morgan fingerprint density at radius 3 is 2.02 bits per heavy atom. The number of para-hydroxylation sites is 1. The first-order valence-corrected chi connectivity index (χ1v) is 20.4. The van der Waals surface area contributed by atoms with Crippen molar-refractivity contribution in [2.45, 2.75) is 90.8 Å². The Morgan fingerprint density at radius 2 is 1.43 bits per heavy atom. The monoisotopic (exact) mass is 757 g/mol. The molecule has 0 aliphatic carbocycles. The number of nitrogens with one attached hydrogen (secondary N) is 1. The number of nitrogens with zero attached hydrogens (tertiary/aromatic N) is 4. The number of ether oxygens (including phenoxy) is 1. The van der Waals surface area contributed by atoms with E-state index in [1.807, 2.05) is 51.1 Å². The number of hydrogen-bond acceptors (Lipinski definition) is 7. The zero-order valence-corrected chi connectivity index (χ0v) is 35.1. The molecule has 0 atom stereocenters. The number of anilines is 2. The standard InChI is InChI=1S/C36H41FN4O2S.C7H17N.C2H6/c1-6-21-40(4)24-27-13-15-28(16-14-27)25-44-36-32(7-2)38-20-19-34(36)43-33-18-17-29(23-31(33)37)39-26(3)22-35(42)41(5)30-11-9-8-10-12-30;1-4-6-8(3)7-5-2;1-2/h8-20,23,39H,3,6-7,21-22,24-25H2,1-2,4-5H3;4-7H2,1-3H3;1-2H3. The Kier molecular flexibility index (Phi) is 21.9. The lowest BCUT2D eigenvalue weighted by Gasteiger charge is -2.19. The number of rotatable bonds is 19. The fraction of sp³-hybridized carbons (Fsp3) is 0.422. The maximum absolute atomic E-state index is 15.2. The van der Waals surface area contributed by atoms with Gasteiger partial charge in [0.15, 0.2) is 11.6 Å². The van der Waals surface area contributed by atoms with Crippen LogP contribution >= 0.6 is 11.8 Å². The molecule has 4 rings (SSSR count). The molecular weight excluding hydrogens is 694 g/mol. The Hall–Kier alpha value is -4.18. The number of hydrogen-bond donors (Lipinski definition) is 1. The van der Waals surface area contributed by atoms with Gasteiger partial charge in [0.2, 0.25) is 5.91 Å². The zero-order chi connectivity index (χ0) is 39.9. The summed E-state index contributed by atoms with van der Waals surface area (Å²) in [5.41, 5.74) is 5.14. The number of halogens is 1. The second-order valence-electron chi connectivity index (χ2n) is 13.0. The van der Waals surface area contributed by atoms with Crippen LogP contribution in [0, 0.1) is 5.82 Å². The molecule has 9 heteroatoms. The number of carbonyl (C=O) groups excluding carboxylic acids is 1. The van der Waals surface area contributed by atoms with Gasteiger partial charge in [0.05, 0.1) is 17.0 Å². The lowest BCUT2D eigenvalue weighted by Crippen LogP contribution is -2.27. The van der Waals surface area contributed by atoms with Gasteiger partial charge in [-0.25, -0.2) is 4.39 Å². The van der Waals surface area contributed by atoms with Crippen LogP contribution in [0.3, 0.4) is 0 Å². The highest BCUT2D eigenvalue weighted by atomic mass is 32.2. The van der Waals surface area contributed by atoms with Gasteiger partial charge in [-0.2, -0.15) is 0 Å². The van der Waals surface area contributed by atoms with Crippen LogP contribution in [0.4, 0.5) is 15.8 Å². The average Bonchev–Trinajstić information content (AvgIpc) is 3.17. The van der Waals surface area contributed by atoms with Gasteiger partial charge in [0.1, 0.15) is 5.75 Å². The molecule has 1 N–H and O–H groups in total. The first kappa shape index (κ1) is 46.0. The molecule has 0 aliphatic heterocycles. The van der Waals surface area contributed by atoms with Gasteiger partial charge in [-0.3, -0.25) is 9.78 Å². The van der Waals surface area contributed by atoms with Crippen molar-refractivity contribution in [1.82, 2.24) is 14.8 Å². The minimum Gasteiger partial charge on any atom is -0.453 e. The molecule has 54 heavy (non-hydrogen) atoms. The van der Waals surface area contributed by atoms with Crippen LogP contribution in [0.2, 0.25) is 0 Å². The fourth-order valence-electron chi connectivity index (χ4n) is 5.63. The largest absolute Gasteiger partial charge is 0.453 e. The highest BCUT2D eigenvalue weighted by molar-refractivity contribution is 7.98. The number of pyridine rings is 1. The smallest absolute Gasteiger partial charge is 0.232 e. The van der Waals surface area contributed by atoms with Crippen LogP contribution < -0.4 is 15.0 Å². The summed E-state index contributed by atoms with van der Waals surface area (Å²) in [5.74, 6) is 0.769. The zero-order valence-electron chi connectivity index (χ0n) is 34.3. The molecule has 1 heterocycles. The minimum atomic E-state index is -0.523. The van der Waals surface area contributed by atoms with E-state index in [1.54, 1.807) is 48.1 Å². The van der Waals surface area contributed by atoms with Crippen LogP contribution in [-0.2, 0) is 23.5 Å². The van der Waals surface area contributed by atoms with E-state index in [2.05, 4.69) is 85.8 Å². The van der Waals surface area contributed by atoms with E-state index in [-0.39, 0.29) is 18.1 Å². The quantitative estimate of drug-likeness (QED) is 0.0956. The van der Waals surface area contributed by atoms with Crippen LogP contribution in [0.25, 0.3) is 0 Å². The molecule has 1 aromatic heterocycles. The summed E-state index contributed by atoms with van der Waals surface area (Å²) in [6, 6.07) is 24.5. The van der Waals surface area contributed by atoms with Gasteiger partial charge in [0.25, 0.3) is 0 Å². The van der Waals surface area contributed by atoms with E-state index in [0.717, 1.165) is 48.0 Å². The van der Waals surface area contributed by atoms with E-state index in [1.165, 1.54) is 43.1 Å². The van der Waals surface area contributed by atoms with E-state index >= 15 is 4.39 Å². The molecule has 3 aromatic carbocycles. The third-order valence-electron chi connectivity index (χ3n) is 8.31. The Labute approximate surface area is 330 Å². The van der Waals surface area contributed by atoms with Crippen molar-refractivity contribution in [3.05, 3.63) is 120 Å². The third-order valence-corrected chi connectivity index (χ3v) is 9.51. The van der Waals surface area contributed by atoms with Crippen molar-refractivity contribution in [3.63, 3.8) is 0 Å². The van der Waals surface area contributed by atoms with Crippen molar-refractivity contribution < 1.29 is 13.9 Å². The van der Waals surface area contributed by atoms with Gasteiger partial charge in [0, 0.05) is 54.7 Å². The summed E-state index contributed by atoms with van der Waals surface area (Å²) in [7, 11) is 6.03. The minimum absolute atomic E-state index is 0.0707. The summed E-state index contributed by atoms with van der Waals surface area (Å²) in [6.45, 7) is 21.1. The van der Waals surface area contributed by atoms with Gasteiger partial charge >= 0.3 is 0 Å². The molecule has 0 saturated heterocycles. The number of thioether (sulfide) groups is 1. The third kappa shape index (κ3) is 16.0. The molecule has 294 valence electrons. The Morgan fingerprint density at radius 1 is 0.815 bits per heavy atom. The van der Waals surface area contributed by atoms with E-state index in [0.29, 0.717) is 17.1 Å². The SMILES string of the molecule is C=C(CC(=O)N(C)c1ccccc1)Nc1ccc(Oc2ccnc(CC)c2SCc2ccc(CN(C)CCC)cc2)c(F)c1.CC.CCCN(C)CCC. The highest BCUT2D eigenvalue weighted by Crippen LogP contribution is 2.38. The van der Waals surface area contributed by atoms with E-state index in [9.17, 15) is 4.79 Å². The Bertz CT molecular complexity index is 1660. The second kappa shape index (κ2) is 25.8. The first-order valence-electron chi connectivity index (χ1n) is 19.4. The lowest BCUT2D eigenvalue weighted by molar-refractivity contribution is -0.117. The number of carbonyl (C=O) groups is 1. The van der Waals surface area contributed by atoms with Crippen LogP contribution in [0.15, 0.2) is 102 Å². The molecule has 0 bridgehead atoms. The molecule has 0 aliphatic rings. The van der Waals surface area contributed by atoms with Gasteiger partial charge in [-0.05, 0) is 94.8 Å². The average molecular weight is 758 g/mol. The maximum atomic E-state index is 15.2. The van der Waals surface area contributed by atoms with Crippen molar-refractivity contribution in [2.75, 3.05) is 51.0 Å². The number of amides is 1. The lowest BCUT2D eigenvalue weighted by atomic mass is 10.1. The second-order valence-corrected chi connectivity index (χ2v) is 14.0. The van der Waals surface area contributed by atoms with Crippen LogP contribution in [0.1, 0.15) is 84.0 Å². The summed E-state index contributed by atoms with van der Waals surface area (Å²) in [6.07, 6.45) is 6.18. The number of aryl methyl sites for hydroxylation is 1. The highest BCUT2D eigenvalue weighted by Gasteiger charge is 2.16. The predicted octanol–water partition coefficient (Wildman–Crippen LogP) is 11.5. The molecule has 0 unspecified atom stereocenters. The molecule has 0 saturated carbocycles. The van der Waals surface area contributed by atoms with Crippen LogP contribution in [-0.4, -0.2) is 61.5 Å². The summed E-state index contributed by atoms with van der Waals surface area (Å²) in [5, 5.41) is 3.05. The number of benzene rings is 3. The molecule has 1 amide bonds. The fourth-order valence-corrected chi connectivity index (χ4v) is 6.75. The van der Waals surface area contributed by atoms with Crippen molar-refractivity contribution in [1.29, 1.82) is 0 Å². The first-order chi connectivity index (χ1) is 26.1. The molecule has 4 aromatic rings. The maximum Gasteiger partial charge on any atom is 0.232 e. The van der Waals surface area contributed by atoms with Gasteiger partial charge in [-0.15, -0.1) is 11.8 Å². The topological polar surface area (TPSA) is 60.9 Å². The molecular formula is C45H64FN5O2S. The van der Waals surface area contributed by atoms with Crippen molar-refractivity contribution >= 4 is 29.0 Å². The molecule has 0 spiro atoms. The number of aromatic nitrogens is 1. The van der Waals surface area contributed by atoms with Crippen LogP contribution in [0.5, 0.6) is 11.5 Å². The molecule has 7 nitrogen and oxygen atoms in total. The summed E-state index contributed by atoms with van der Waals surface area (Å²) in [4.78, 5) is 24.4. The molecule has 0 fully saturated rings. The van der Waals surface area contributed by atoms with Gasteiger partial charge in [-0.1, -0.05) is 90.6 Å². The van der Waals surface area contributed by atoms with E-state index in [4.69, 9.17) is 4.74 Å². The van der Waals surface area contributed by atoms with Gasteiger partial charge < -0.3 is 24.8 Å². The summed E-state index contributed by atoms with van der Waals surface area (Å²) >= 11 is 1.64. The predicted molar refractivity (Wildman–Crippen MR) is 229 cm³/mol. The Balaban J connectivity index is 0.000000893. The normalized spacial score (nSPS) is 10.6. The summed E-state index contributed by atoms with van der Waals surface area (Å²) < 4.78 is 21.4. The van der Waals surface area contributed by atoms with Crippen molar-refractivity contribution in [2.24, 2.45) is 0 Å². The van der Waals surface area contributed by atoms with Crippen molar-refractivity contribution in [3.8, 4) is 11.5 Å².